The average Bonchev–Trinajstić information content (AvgIpc) is 3.50. The standard InChI is InChI=1S/C21H26N2OS2/c1-23(25-2)20-8-4-3-7-19(20)21(24)22-17-11-13-18(14-12-17)26-15-5-6-16-9-10-16/h3-4,7-8,11-14,16H,5-6,9-10,15H2,1-2H3,(H,22,24). The maximum Gasteiger partial charge on any atom is 0.257 e. The number of amides is 1. The van der Waals surface area contributed by atoms with Gasteiger partial charge in [0, 0.05) is 23.9 Å². The topological polar surface area (TPSA) is 32.3 Å². The monoisotopic (exact) mass is 386 g/mol. The largest absolute Gasteiger partial charge is 0.322 e. The molecule has 0 aromatic heterocycles. The molecule has 26 heavy (non-hydrogen) atoms. The van der Waals surface area contributed by atoms with Crippen molar-refractivity contribution in [1.29, 1.82) is 0 Å². The van der Waals surface area contributed by atoms with E-state index in [1.807, 2.05) is 65.8 Å². The Kier molecular flexibility index (Phi) is 6.92. The van der Waals surface area contributed by atoms with E-state index in [0.717, 1.165) is 17.3 Å². The van der Waals surface area contributed by atoms with Crippen LogP contribution in [-0.4, -0.2) is 25.0 Å². The highest BCUT2D eigenvalue weighted by Gasteiger charge is 2.20. The Morgan fingerprint density at radius 3 is 2.58 bits per heavy atom. The number of thioether (sulfide) groups is 1. The van der Waals surface area contributed by atoms with Crippen LogP contribution in [0.4, 0.5) is 11.4 Å². The molecular weight excluding hydrogens is 360 g/mol. The van der Waals surface area contributed by atoms with Gasteiger partial charge in [-0.1, -0.05) is 36.9 Å². The lowest BCUT2D eigenvalue weighted by atomic mass is 10.1. The normalized spacial score (nSPS) is 13.5. The minimum absolute atomic E-state index is 0.0775. The van der Waals surface area contributed by atoms with Gasteiger partial charge in [0.25, 0.3) is 5.91 Å². The number of hydrogen-bond donors (Lipinski definition) is 1. The second-order valence-corrected chi connectivity index (χ2v) is 8.69. The molecule has 3 rings (SSSR count). The lowest BCUT2D eigenvalue weighted by Gasteiger charge is -2.19. The van der Waals surface area contributed by atoms with Crippen molar-refractivity contribution in [2.24, 2.45) is 5.92 Å². The van der Waals surface area contributed by atoms with E-state index in [-0.39, 0.29) is 5.91 Å². The third kappa shape index (κ3) is 5.45. The van der Waals surface area contributed by atoms with Crippen molar-refractivity contribution in [1.82, 2.24) is 0 Å². The van der Waals surface area contributed by atoms with Crippen LogP contribution in [0.2, 0.25) is 0 Å². The van der Waals surface area contributed by atoms with Crippen LogP contribution in [0, 0.1) is 5.92 Å². The summed E-state index contributed by atoms with van der Waals surface area (Å²) in [7, 11) is 1.96. The summed E-state index contributed by atoms with van der Waals surface area (Å²) in [6.45, 7) is 0. The molecule has 1 amide bonds. The number of hydrogen-bond acceptors (Lipinski definition) is 4. The van der Waals surface area contributed by atoms with Gasteiger partial charge in [-0.15, -0.1) is 11.8 Å². The average molecular weight is 387 g/mol. The van der Waals surface area contributed by atoms with Crippen LogP contribution in [0.3, 0.4) is 0 Å². The van der Waals surface area contributed by atoms with Crippen molar-refractivity contribution in [2.75, 3.05) is 28.7 Å². The van der Waals surface area contributed by atoms with Gasteiger partial charge in [-0.3, -0.25) is 4.79 Å². The molecule has 1 fully saturated rings. The van der Waals surface area contributed by atoms with Crippen LogP contribution < -0.4 is 9.62 Å². The van der Waals surface area contributed by atoms with E-state index >= 15 is 0 Å². The van der Waals surface area contributed by atoms with Crippen molar-refractivity contribution in [2.45, 2.75) is 30.6 Å². The molecule has 0 radical (unpaired) electrons. The Labute approximate surface area is 165 Å². The molecular formula is C21H26N2OS2. The minimum Gasteiger partial charge on any atom is -0.322 e. The molecule has 1 N–H and O–H groups in total. The third-order valence-electron chi connectivity index (χ3n) is 4.60. The van der Waals surface area contributed by atoms with Crippen LogP contribution in [-0.2, 0) is 0 Å². The molecule has 1 aliphatic carbocycles. The van der Waals surface area contributed by atoms with Crippen LogP contribution in [0.1, 0.15) is 36.0 Å². The molecule has 0 heterocycles. The maximum atomic E-state index is 12.7. The van der Waals surface area contributed by atoms with Gasteiger partial charge in [0.1, 0.15) is 0 Å². The molecule has 1 saturated carbocycles. The summed E-state index contributed by atoms with van der Waals surface area (Å²) in [5, 5.41) is 3.01. The summed E-state index contributed by atoms with van der Waals surface area (Å²) in [5.41, 5.74) is 2.43. The van der Waals surface area contributed by atoms with Gasteiger partial charge < -0.3 is 9.62 Å². The van der Waals surface area contributed by atoms with Gasteiger partial charge >= 0.3 is 0 Å². The van der Waals surface area contributed by atoms with Gasteiger partial charge in [-0.2, -0.15) is 0 Å². The molecule has 0 spiro atoms. The first-order valence-corrected chi connectivity index (χ1v) is 11.2. The zero-order chi connectivity index (χ0) is 18.4. The van der Waals surface area contributed by atoms with Gasteiger partial charge in [0.05, 0.1) is 11.3 Å². The summed E-state index contributed by atoms with van der Waals surface area (Å²) >= 11 is 3.48. The molecule has 0 saturated heterocycles. The molecule has 3 nitrogen and oxygen atoms in total. The fourth-order valence-corrected chi connectivity index (χ4v) is 4.07. The molecule has 0 unspecified atom stereocenters. The van der Waals surface area contributed by atoms with Gasteiger partial charge in [0.2, 0.25) is 0 Å². The number of anilines is 2. The molecule has 0 atom stereocenters. The Hall–Kier alpha value is -1.59. The fourth-order valence-electron chi connectivity index (χ4n) is 2.84. The number of rotatable bonds is 9. The Morgan fingerprint density at radius 1 is 1.15 bits per heavy atom. The van der Waals surface area contributed by atoms with Crippen molar-refractivity contribution < 1.29 is 4.79 Å². The molecule has 2 aromatic rings. The summed E-state index contributed by atoms with van der Waals surface area (Å²) in [6.07, 6.45) is 7.55. The van der Waals surface area contributed by atoms with E-state index in [4.69, 9.17) is 0 Å². The third-order valence-corrected chi connectivity index (χ3v) is 6.44. The van der Waals surface area contributed by atoms with E-state index in [9.17, 15) is 4.79 Å². The predicted molar refractivity (Wildman–Crippen MR) is 115 cm³/mol. The smallest absolute Gasteiger partial charge is 0.257 e. The summed E-state index contributed by atoms with van der Waals surface area (Å²) in [4.78, 5) is 13.9. The van der Waals surface area contributed by atoms with Crippen LogP contribution in [0.5, 0.6) is 0 Å². The molecule has 2 aromatic carbocycles. The summed E-state index contributed by atoms with van der Waals surface area (Å²) < 4.78 is 2.00. The molecule has 138 valence electrons. The Balaban J connectivity index is 1.55. The molecule has 1 aliphatic rings. The lowest BCUT2D eigenvalue weighted by Crippen LogP contribution is -2.17. The molecule has 0 aliphatic heterocycles. The van der Waals surface area contributed by atoms with E-state index in [0.29, 0.717) is 5.56 Å². The van der Waals surface area contributed by atoms with Crippen LogP contribution in [0.15, 0.2) is 53.4 Å². The zero-order valence-corrected chi connectivity index (χ0v) is 17.0. The van der Waals surface area contributed by atoms with Crippen molar-refractivity contribution >= 4 is 41.0 Å². The molecule has 0 bridgehead atoms. The second kappa shape index (κ2) is 9.38. The minimum atomic E-state index is -0.0775. The highest BCUT2D eigenvalue weighted by Crippen LogP contribution is 2.34. The predicted octanol–water partition coefficient (Wildman–Crippen LogP) is 5.94. The molecule has 5 heteroatoms. The van der Waals surface area contributed by atoms with Gasteiger partial charge in [0.15, 0.2) is 0 Å². The number of nitrogens with zero attached hydrogens (tertiary/aromatic N) is 1. The van der Waals surface area contributed by atoms with Gasteiger partial charge in [-0.05, 0) is 60.9 Å². The second-order valence-electron chi connectivity index (χ2n) is 6.61. The van der Waals surface area contributed by atoms with Crippen LogP contribution >= 0.6 is 23.7 Å². The summed E-state index contributed by atoms with van der Waals surface area (Å²) in [5.74, 6) is 2.11. The maximum absolute atomic E-state index is 12.7. The highest BCUT2D eigenvalue weighted by molar-refractivity contribution is 8.00. The quantitative estimate of drug-likeness (QED) is 0.329. The number of carbonyl (C=O) groups is 1. The zero-order valence-electron chi connectivity index (χ0n) is 15.4. The SMILES string of the molecule is CSN(C)c1ccccc1C(=O)Nc1ccc(SCCCC2CC2)cc1. The van der Waals surface area contributed by atoms with Crippen molar-refractivity contribution in [3.8, 4) is 0 Å². The lowest BCUT2D eigenvalue weighted by molar-refractivity contribution is 0.102. The van der Waals surface area contributed by atoms with Crippen molar-refractivity contribution in [3.63, 3.8) is 0 Å². The Bertz CT molecular complexity index is 729. The van der Waals surface area contributed by atoms with E-state index in [2.05, 4.69) is 17.4 Å². The first-order valence-electron chi connectivity index (χ1n) is 9.08. The first kappa shape index (κ1) is 19.2. The van der Waals surface area contributed by atoms with E-state index in [1.165, 1.54) is 36.3 Å². The van der Waals surface area contributed by atoms with E-state index < -0.39 is 0 Å². The van der Waals surface area contributed by atoms with E-state index in [1.54, 1.807) is 11.9 Å². The van der Waals surface area contributed by atoms with Gasteiger partial charge in [-0.25, -0.2) is 0 Å². The summed E-state index contributed by atoms with van der Waals surface area (Å²) in [6, 6.07) is 15.8. The fraction of sp³-hybridized carbons (Fsp3) is 0.381. The first-order chi connectivity index (χ1) is 12.7. The number of nitrogens with one attached hydrogen (secondary N) is 1. The Morgan fingerprint density at radius 2 is 1.88 bits per heavy atom. The highest BCUT2D eigenvalue weighted by atomic mass is 32.2. The number of para-hydroxylation sites is 1. The number of carbonyl (C=O) groups excluding carboxylic acids is 1. The number of benzene rings is 2. The van der Waals surface area contributed by atoms with Crippen molar-refractivity contribution in [3.05, 3.63) is 54.1 Å². The van der Waals surface area contributed by atoms with Crippen LogP contribution in [0.25, 0.3) is 0 Å².